The Morgan fingerprint density at radius 1 is 1.33 bits per heavy atom. The number of rotatable bonds is 2. The van der Waals surface area contributed by atoms with Gasteiger partial charge in [-0.05, 0) is 12.8 Å². The van der Waals surface area contributed by atoms with Gasteiger partial charge in [-0.25, -0.2) is 0 Å². The molecule has 1 unspecified atom stereocenters. The number of ether oxygens (including phenoxy) is 1. The van der Waals surface area contributed by atoms with E-state index in [-0.39, 0.29) is 23.3 Å². The van der Waals surface area contributed by atoms with Gasteiger partial charge in [0.1, 0.15) is 0 Å². The van der Waals surface area contributed by atoms with Crippen LogP contribution in [0.1, 0.15) is 32.1 Å². The second kappa shape index (κ2) is 4.63. The van der Waals surface area contributed by atoms with Gasteiger partial charge < -0.3 is 10.1 Å². The molecule has 0 aromatic heterocycles. The smallest absolute Gasteiger partial charge is 0.235 e. The summed E-state index contributed by atoms with van der Waals surface area (Å²) >= 11 is 0. The summed E-state index contributed by atoms with van der Waals surface area (Å²) in [6.07, 6.45) is 4.31. The van der Waals surface area contributed by atoms with E-state index >= 15 is 0 Å². The highest BCUT2D eigenvalue weighted by Gasteiger charge is 2.52. The molecule has 1 spiro atoms. The minimum absolute atomic E-state index is 0.00364. The predicted octanol–water partition coefficient (Wildman–Crippen LogP) is 0.294. The number of nitrogens with one attached hydrogen (secondary N) is 1. The SMILES string of the molecule is O=C1CC2(CCCC2)C(=O)N1CC1CNCCO1. The fourth-order valence-electron chi connectivity index (χ4n) is 3.43. The molecule has 2 heterocycles. The van der Waals surface area contributed by atoms with E-state index in [1.165, 1.54) is 4.90 Å². The summed E-state index contributed by atoms with van der Waals surface area (Å²) in [7, 11) is 0. The second-order valence-electron chi connectivity index (χ2n) is 5.67. The largest absolute Gasteiger partial charge is 0.374 e. The molecule has 1 atom stereocenters. The van der Waals surface area contributed by atoms with E-state index < -0.39 is 0 Å². The van der Waals surface area contributed by atoms with Gasteiger partial charge in [0, 0.05) is 19.5 Å². The summed E-state index contributed by atoms with van der Waals surface area (Å²) in [5.41, 5.74) is -0.348. The maximum Gasteiger partial charge on any atom is 0.235 e. The fraction of sp³-hybridized carbons (Fsp3) is 0.846. The number of likely N-dealkylation sites (tertiary alicyclic amines) is 1. The van der Waals surface area contributed by atoms with Crippen LogP contribution in [0.25, 0.3) is 0 Å². The molecule has 18 heavy (non-hydrogen) atoms. The van der Waals surface area contributed by atoms with Crippen molar-refractivity contribution in [2.75, 3.05) is 26.2 Å². The van der Waals surface area contributed by atoms with Crippen molar-refractivity contribution in [3.8, 4) is 0 Å². The van der Waals surface area contributed by atoms with Gasteiger partial charge in [-0.1, -0.05) is 12.8 Å². The van der Waals surface area contributed by atoms with E-state index in [2.05, 4.69) is 5.32 Å². The van der Waals surface area contributed by atoms with Gasteiger partial charge in [0.05, 0.1) is 24.7 Å². The molecule has 5 nitrogen and oxygen atoms in total. The van der Waals surface area contributed by atoms with Crippen molar-refractivity contribution >= 4 is 11.8 Å². The highest BCUT2D eigenvalue weighted by Crippen LogP contribution is 2.46. The molecule has 0 aromatic carbocycles. The molecule has 0 aromatic rings. The molecule has 2 saturated heterocycles. The molecule has 3 rings (SSSR count). The quantitative estimate of drug-likeness (QED) is 0.718. The molecule has 1 N–H and O–H groups in total. The minimum atomic E-state index is -0.348. The van der Waals surface area contributed by atoms with Crippen molar-refractivity contribution in [3.05, 3.63) is 0 Å². The van der Waals surface area contributed by atoms with Crippen molar-refractivity contribution in [2.45, 2.75) is 38.2 Å². The van der Waals surface area contributed by atoms with Crippen molar-refractivity contribution in [2.24, 2.45) is 5.41 Å². The van der Waals surface area contributed by atoms with Crippen LogP contribution < -0.4 is 5.32 Å². The van der Waals surface area contributed by atoms with Gasteiger partial charge in [-0.2, -0.15) is 0 Å². The zero-order valence-electron chi connectivity index (χ0n) is 10.6. The Balaban J connectivity index is 1.68. The molecule has 2 amide bonds. The lowest BCUT2D eigenvalue weighted by molar-refractivity contribution is -0.143. The van der Waals surface area contributed by atoms with Crippen LogP contribution in [-0.4, -0.2) is 49.1 Å². The fourth-order valence-corrected chi connectivity index (χ4v) is 3.43. The van der Waals surface area contributed by atoms with Gasteiger partial charge in [0.15, 0.2) is 0 Å². The number of morpholine rings is 1. The van der Waals surface area contributed by atoms with Crippen LogP contribution in [0.3, 0.4) is 0 Å². The second-order valence-corrected chi connectivity index (χ2v) is 5.67. The Kier molecular flexibility index (Phi) is 3.11. The molecule has 5 heteroatoms. The zero-order chi connectivity index (χ0) is 12.6. The summed E-state index contributed by atoms with van der Waals surface area (Å²) in [5, 5.41) is 3.23. The number of nitrogens with zero attached hydrogens (tertiary/aromatic N) is 1. The Morgan fingerprint density at radius 3 is 2.78 bits per heavy atom. The molecule has 0 bridgehead atoms. The molecule has 100 valence electrons. The topological polar surface area (TPSA) is 58.6 Å². The third-order valence-corrected chi connectivity index (χ3v) is 4.44. The van der Waals surface area contributed by atoms with E-state index in [1.807, 2.05) is 0 Å². The highest BCUT2D eigenvalue weighted by molar-refractivity contribution is 6.06. The highest BCUT2D eigenvalue weighted by atomic mass is 16.5. The van der Waals surface area contributed by atoms with Gasteiger partial charge >= 0.3 is 0 Å². The van der Waals surface area contributed by atoms with E-state index in [0.717, 1.165) is 38.8 Å². The lowest BCUT2D eigenvalue weighted by Crippen LogP contribution is -2.47. The molecular formula is C13H20N2O3. The average Bonchev–Trinajstić information content (AvgIpc) is 2.93. The third-order valence-electron chi connectivity index (χ3n) is 4.44. The Labute approximate surface area is 107 Å². The lowest BCUT2D eigenvalue weighted by atomic mass is 9.84. The monoisotopic (exact) mass is 252 g/mol. The summed E-state index contributed by atoms with van der Waals surface area (Å²) < 4.78 is 5.58. The summed E-state index contributed by atoms with van der Waals surface area (Å²) in [4.78, 5) is 25.9. The average molecular weight is 252 g/mol. The maximum absolute atomic E-state index is 12.4. The third kappa shape index (κ3) is 1.95. The summed E-state index contributed by atoms with van der Waals surface area (Å²) in [6.45, 7) is 2.66. The maximum atomic E-state index is 12.4. The van der Waals surface area contributed by atoms with E-state index in [0.29, 0.717) is 19.6 Å². The van der Waals surface area contributed by atoms with Crippen molar-refractivity contribution in [3.63, 3.8) is 0 Å². The van der Waals surface area contributed by atoms with E-state index in [9.17, 15) is 9.59 Å². The van der Waals surface area contributed by atoms with Crippen molar-refractivity contribution in [1.82, 2.24) is 10.2 Å². The van der Waals surface area contributed by atoms with Crippen LogP contribution in [0.4, 0.5) is 0 Å². The molecule has 0 radical (unpaired) electrons. The summed E-state index contributed by atoms with van der Waals surface area (Å²) in [5.74, 6) is 0.0512. The number of amides is 2. The molecular weight excluding hydrogens is 232 g/mol. The van der Waals surface area contributed by atoms with Gasteiger partial charge in [-0.3, -0.25) is 14.5 Å². The van der Waals surface area contributed by atoms with Gasteiger partial charge in [0.2, 0.25) is 11.8 Å². The van der Waals surface area contributed by atoms with Crippen molar-refractivity contribution in [1.29, 1.82) is 0 Å². The molecule has 3 aliphatic rings. The first-order valence-electron chi connectivity index (χ1n) is 6.88. The molecule has 1 aliphatic carbocycles. The van der Waals surface area contributed by atoms with Gasteiger partial charge in [-0.15, -0.1) is 0 Å². The number of carbonyl (C=O) groups is 2. The number of imide groups is 1. The number of carbonyl (C=O) groups excluding carboxylic acids is 2. The van der Waals surface area contributed by atoms with Crippen LogP contribution in [0, 0.1) is 5.41 Å². The first kappa shape index (κ1) is 12.1. The Bertz CT molecular complexity index is 357. The Morgan fingerprint density at radius 2 is 2.11 bits per heavy atom. The minimum Gasteiger partial charge on any atom is -0.374 e. The molecule has 1 saturated carbocycles. The number of hydrogen-bond donors (Lipinski definition) is 1. The zero-order valence-corrected chi connectivity index (χ0v) is 10.6. The predicted molar refractivity (Wildman–Crippen MR) is 64.8 cm³/mol. The van der Waals surface area contributed by atoms with Crippen LogP contribution in [0.5, 0.6) is 0 Å². The van der Waals surface area contributed by atoms with Crippen LogP contribution in [0.2, 0.25) is 0 Å². The summed E-state index contributed by atoms with van der Waals surface area (Å²) in [6, 6.07) is 0. The first-order chi connectivity index (χ1) is 8.71. The van der Waals surface area contributed by atoms with E-state index in [1.54, 1.807) is 0 Å². The first-order valence-corrected chi connectivity index (χ1v) is 6.88. The lowest BCUT2D eigenvalue weighted by Gasteiger charge is -2.28. The number of hydrogen-bond acceptors (Lipinski definition) is 4. The molecule has 3 fully saturated rings. The van der Waals surface area contributed by atoms with Crippen molar-refractivity contribution < 1.29 is 14.3 Å². The normalized spacial score (nSPS) is 31.6. The van der Waals surface area contributed by atoms with Crippen LogP contribution in [0.15, 0.2) is 0 Å². The molecule has 2 aliphatic heterocycles. The standard InChI is InChI=1S/C13H20N2O3/c16-11-7-13(3-1-2-4-13)12(17)15(11)9-10-8-14-5-6-18-10/h10,14H,1-9H2. The van der Waals surface area contributed by atoms with E-state index in [4.69, 9.17) is 4.74 Å². The van der Waals surface area contributed by atoms with Crippen LogP contribution in [-0.2, 0) is 14.3 Å². The van der Waals surface area contributed by atoms with Gasteiger partial charge in [0.25, 0.3) is 0 Å². The van der Waals surface area contributed by atoms with Crippen LogP contribution >= 0.6 is 0 Å². The Hall–Kier alpha value is -0.940.